The summed E-state index contributed by atoms with van der Waals surface area (Å²) in [6.45, 7) is 2.00. The molecule has 1 aliphatic heterocycles. The first-order chi connectivity index (χ1) is 8.36. The number of hydrogen-bond acceptors (Lipinski definition) is 5. The van der Waals surface area contributed by atoms with Crippen molar-refractivity contribution in [3.63, 3.8) is 0 Å². The van der Waals surface area contributed by atoms with Crippen molar-refractivity contribution >= 4 is 28.5 Å². The fourth-order valence-corrected chi connectivity index (χ4v) is 2.33. The number of nitrogens with zero attached hydrogens (tertiary/aromatic N) is 5. The second-order valence-electron chi connectivity index (χ2n) is 4.12. The van der Waals surface area contributed by atoms with E-state index < -0.39 is 0 Å². The highest BCUT2D eigenvalue weighted by atomic mass is 35.5. The van der Waals surface area contributed by atoms with Crippen molar-refractivity contribution in [2.45, 2.75) is 19.3 Å². The molecule has 0 spiro atoms. The van der Waals surface area contributed by atoms with Gasteiger partial charge in [-0.3, -0.25) is 0 Å². The Bertz CT molecular complexity index is 538. The fourth-order valence-electron chi connectivity index (χ4n) is 2.16. The van der Waals surface area contributed by atoms with E-state index in [1.165, 1.54) is 19.3 Å². The van der Waals surface area contributed by atoms with Crippen LogP contribution in [0.15, 0.2) is 12.4 Å². The van der Waals surface area contributed by atoms with Crippen molar-refractivity contribution in [3.8, 4) is 0 Å². The van der Waals surface area contributed by atoms with Crippen LogP contribution in [0, 0.1) is 0 Å². The monoisotopic (exact) mass is 249 g/mol. The smallest absolute Gasteiger partial charge is 0.179 e. The Kier molecular flexibility index (Phi) is 2.76. The van der Waals surface area contributed by atoms with E-state index in [1.54, 1.807) is 12.4 Å². The molecule has 0 aliphatic carbocycles. The largest absolute Gasteiger partial charge is 0.353 e. The normalized spacial score (nSPS) is 16.4. The molecule has 6 heteroatoms. The first-order valence-corrected chi connectivity index (χ1v) is 6.12. The first-order valence-electron chi connectivity index (χ1n) is 5.74. The summed E-state index contributed by atoms with van der Waals surface area (Å²) in [5.41, 5.74) is 1.37. The SMILES string of the molecule is Clc1nnc(N2CCCCC2)c2nccnc12. The summed E-state index contributed by atoms with van der Waals surface area (Å²) in [4.78, 5) is 10.8. The van der Waals surface area contributed by atoms with Gasteiger partial charge in [0, 0.05) is 25.5 Å². The molecule has 0 amide bonds. The van der Waals surface area contributed by atoms with E-state index in [-0.39, 0.29) is 0 Å². The third-order valence-electron chi connectivity index (χ3n) is 2.99. The second-order valence-corrected chi connectivity index (χ2v) is 4.47. The number of aromatic nitrogens is 4. The zero-order chi connectivity index (χ0) is 11.7. The summed E-state index contributed by atoms with van der Waals surface area (Å²) in [5.74, 6) is 0.803. The molecule has 88 valence electrons. The van der Waals surface area contributed by atoms with E-state index in [4.69, 9.17) is 11.6 Å². The number of hydrogen-bond donors (Lipinski definition) is 0. The van der Waals surface area contributed by atoms with Gasteiger partial charge in [-0.25, -0.2) is 9.97 Å². The maximum Gasteiger partial charge on any atom is 0.179 e. The number of rotatable bonds is 1. The molecule has 17 heavy (non-hydrogen) atoms. The molecular weight excluding hydrogens is 238 g/mol. The highest BCUT2D eigenvalue weighted by molar-refractivity contribution is 6.33. The lowest BCUT2D eigenvalue weighted by Gasteiger charge is -2.27. The van der Waals surface area contributed by atoms with Gasteiger partial charge in [0.15, 0.2) is 11.0 Å². The van der Waals surface area contributed by atoms with Crippen molar-refractivity contribution < 1.29 is 0 Å². The quantitative estimate of drug-likeness (QED) is 0.774. The van der Waals surface area contributed by atoms with Crippen LogP contribution in [-0.2, 0) is 0 Å². The van der Waals surface area contributed by atoms with Gasteiger partial charge in [0.05, 0.1) is 0 Å². The van der Waals surface area contributed by atoms with Crippen LogP contribution in [0.4, 0.5) is 5.82 Å². The number of piperidine rings is 1. The molecule has 3 rings (SSSR count). The number of anilines is 1. The van der Waals surface area contributed by atoms with Gasteiger partial charge in [0.1, 0.15) is 11.0 Å². The van der Waals surface area contributed by atoms with Gasteiger partial charge < -0.3 is 4.90 Å². The molecule has 3 heterocycles. The van der Waals surface area contributed by atoms with Gasteiger partial charge in [-0.1, -0.05) is 11.6 Å². The molecule has 1 fully saturated rings. The zero-order valence-corrected chi connectivity index (χ0v) is 10.1. The van der Waals surface area contributed by atoms with Gasteiger partial charge in [-0.15, -0.1) is 10.2 Å². The van der Waals surface area contributed by atoms with Crippen LogP contribution < -0.4 is 4.90 Å². The lowest BCUT2D eigenvalue weighted by Crippen LogP contribution is -2.30. The number of fused-ring (bicyclic) bond motifs is 1. The van der Waals surface area contributed by atoms with Crippen molar-refractivity contribution in [1.29, 1.82) is 0 Å². The van der Waals surface area contributed by atoms with Crippen molar-refractivity contribution in [1.82, 2.24) is 20.2 Å². The Morgan fingerprint density at radius 3 is 2.41 bits per heavy atom. The highest BCUT2D eigenvalue weighted by Gasteiger charge is 2.18. The van der Waals surface area contributed by atoms with E-state index in [9.17, 15) is 0 Å². The molecular formula is C11H12ClN5. The van der Waals surface area contributed by atoms with E-state index in [1.807, 2.05) is 0 Å². The Balaban J connectivity index is 2.12. The molecule has 5 nitrogen and oxygen atoms in total. The average Bonchev–Trinajstić information content (AvgIpc) is 2.41. The summed E-state index contributed by atoms with van der Waals surface area (Å²) in [7, 11) is 0. The Hall–Kier alpha value is -1.49. The van der Waals surface area contributed by atoms with E-state index in [0.717, 1.165) is 24.4 Å². The van der Waals surface area contributed by atoms with Gasteiger partial charge in [0.2, 0.25) is 0 Å². The standard InChI is InChI=1S/C11H12ClN5/c12-10-8-9(14-5-4-13-8)11(16-15-10)17-6-2-1-3-7-17/h4-5H,1-3,6-7H2. The van der Waals surface area contributed by atoms with Crippen LogP contribution in [0.3, 0.4) is 0 Å². The van der Waals surface area contributed by atoms with Gasteiger partial charge in [0.25, 0.3) is 0 Å². The van der Waals surface area contributed by atoms with Crippen LogP contribution in [0.1, 0.15) is 19.3 Å². The van der Waals surface area contributed by atoms with Crippen LogP contribution in [0.5, 0.6) is 0 Å². The minimum atomic E-state index is 0.314. The average molecular weight is 250 g/mol. The van der Waals surface area contributed by atoms with Crippen molar-refractivity contribution in [3.05, 3.63) is 17.5 Å². The van der Waals surface area contributed by atoms with Crippen molar-refractivity contribution in [2.75, 3.05) is 18.0 Å². The maximum absolute atomic E-state index is 5.97. The third kappa shape index (κ3) is 1.91. The van der Waals surface area contributed by atoms with Gasteiger partial charge in [-0.05, 0) is 19.3 Å². The molecule has 0 unspecified atom stereocenters. The Labute approximate surface area is 104 Å². The third-order valence-corrected chi connectivity index (χ3v) is 3.25. The molecule has 0 radical (unpaired) electrons. The van der Waals surface area contributed by atoms with Crippen LogP contribution in [-0.4, -0.2) is 33.3 Å². The molecule has 1 saturated heterocycles. The number of halogens is 1. The highest BCUT2D eigenvalue weighted by Crippen LogP contribution is 2.26. The molecule has 0 aromatic carbocycles. The molecule has 1 aliphatic rings. The summed E-state index contributed by atoms with van der Waals surface area (Å²) >= 11 is 5.97. The van der Waals surface area contributed by atoms with Crippen LogP contribution in [0.2, 0.25) is 5.15 Å². The summed E-state index contributed by atoms with van der Waals surface area (Å²) in [6, 6.07) is 0. The predicted octanol–water partition coefficient (Wildman–Crippen LogP) is 2.06. The fraction of sp³-hybridized carbons (Fsp3) is 0.455. The summed E-state index contributed by atoms with van der Waals surface area (Å²) < 4.78 is 0. The molecule has 2 aromatic rings. The molecule has 2 aromatic heterocycles. The summed E-state index contributed by atoms with van der Waals surface area (Å²) in [6.07, 6.45) is 6.93. The van der Waals surface area contributed by atoms with E-state index in [0.29, 0.717) is 10.7 Å². The van der Waals surface area contributed by atoms with Crippen LogP contribution >= 0.6 is 11.6 Å². The topological polar surface area (TPSA) is 54.8 Å². The lowest BCUT2D eigenvalue weighted by atomic mass is 10.1. The second kappa shape index (κ2) is 4.41. The zero-order valence-electron chi connectivity index (χ0n) is 9.30. The first kappa shape index (κ1) is 10.7. The molecule has 0 saturated carbocycles. The van der Waals surface area contributed by atoms with Gasteiger partial charge in [-0.2, -0.15) is 0 Å². The molecule has 0 atom stereocenters. The Morgan fingerprint density at radius 1 is 0.941 bits per heavy atom. The predicted molar refractivity (Wildman–Crippen MR) is 66.2 cm³/mol. The Morgan fingerprint density at radius 2 is 1.65 bits per heavy atom. The van der Waals surface area contributed by atoms with Crippen LogP contribution in [0.25, 0.3) is 11.0 Å². The summed E-state index contributed by atoms with van der Waals surface area (Å²) in [5, 5.41) is 8.44. The minimum absolute atomic E-state index is 0.314. The van der Waals surface area contributed by atoms with E-state index in [2.05, 4.69) is 25.1 Å². The molecule has 0 N–H and O–H groups in total. The lowest BCUT2D eigenvalue weighted by molar-refractivity contribution is 0.572. The van der Waals surface area contributed by atoms with Crippen molar-refractivity contribution in [2.24, 2.45) is 0 Å². The van der Waals surface area contributed by atoms with E-state index >= 15 is 0 Å². The maximum atomic E-state index is 5.97. The minimum Gasteiger partial charge on any atom is -0.353 e. The molecule has 0 bridgehead atoms. The van der Waals surface area contributed by atoms with Gasteiger partial charge >= 0.3 is 0 Å².